The Balaban J connectivity index is 3.04. The van der Waals surface area contributed by atoms with E-state index < -0.39 is 21.5 Å². The summed E-state index contributed by atoms with van der Waals surface area (Å²) >= 11 is 0. The predicted molar refractivity (Wildman–Crippen MR) is 84.1 cm³/mol. The smallest absolute Gasteiger partial charge is 0.273 e. The van der Waals surface area contributed by atoms with Gasteiger partial charge in [0.15, 0.2) is 0 Å². The van der Waals surface area contributed by atoms with Gasteiger partial charge in [-0.2, -0.15) is 0 Å². The van der Waals surface area contributed by atoms with Crippen LogP contribution in [0.15, 0.2) is 15.6 Å². The van der Waals surface area contributed by atoms with Gasteiger partial charge in [-0.3, -0.25) is 4.79 Å². The highest BCUT2D eigenvalue weighted by molar-refractivity contribution is 7.89. The van der Waals surface area contributed by atoms with Crippen molar-refractivity contribution in [3.8, 4) is 0 Å². The van der Waals surface area contributed by atoms with Crippen LogP contribution in [0.25, 0.3) is 0 Å². The predicted octanol–water partition coefficient (Wildman–Crippen LogP) is 0.989. The highest BCUT2D eigenvalue weighted by atomic mass is 32.2. The Kier molecular flexibility index (Phi) is 5.77. The molecule has 0 saturated carbocycles. The topological polar surface area (TPSA) is 114 Å². The van der Waals surface area contributed by atoms with Gasteiger partial charge in [0.25, 0.3) is 15.9 Å². The fourth-order valence-electron chi connectivity index (χ4n) is 2.34. The molecule has 1 aromatic rings. The van der Waals surface area contributed by atoms with Gasteiger partial charge in [-0.25, -0.2) is 13.1 Å². The first-order chi connectivity index (χ1) is 10.0. The van der Waals surface area contributed by atoms with E-state index in [1.807, 2.05) is 20.8 Å². The van der Waals surface area contributed by atoms with Crippen molar-refractivity contribution in [2.24, 2.45) is 11.7 Å². The molecular weight excluding hydrogens is 306 g/mol. The zero-order valence-electron chi connectivity index (χ0n) is 13.7. The second kappa shape index (κ2) is 6.80. The first-order valence-electron chi connectivity index (χ1n) is 7.11. The Morgan fingerprint density at radius 1 is 1.45 bits per heavy atom. The van der Waals surface area contributed by atoms with Crippen LogP contribution in [0, 0.1) is 12.8 Å². The summed E-state index contributed by atoms with van der Waals surface area (Å²) in [6.07, 6.45) is 0.716. The van der Waals surface area contributed by atoms with E-state index in [0.717, 1.165) is 0 Å². The van der Waals surface area contributed by atoms with Gasteiger partial charge in [0.05, 0.1) is 5.56 Å². The maximum Gasteiger partial charge on any atom is 0.273 e. The molecule has 0 aliphatic heterocycles. The van der Waals surface area contributed by atoms with Gasteiger partial charge in [0.1, 0.15) is 5.76 Å². The Bertz CT molecular complexity index is 637. The number of carbonyl (C=O) groups is 1. The molecule has 0 aliphatic rings. The molecule has 0 spiro atoms. The summed E-state index contributed by atoms with van der Waals surface area (Å²) in [6, 6.07) is 1.23. The molecule has 22 heavy (non-hydrogen) atoms. The van der Waals surface area contributed by atoms with E-state index in [0.29, 0.717) is 12.3 Å². The summed E-state index contributed by atoms with van der Waals surface area (Å²) in [4.78, 5) is 12.4. The van der Waals surface area contributed by atoms with Crippen LogP contribution in [0.1, 0.15) is 43.3 Å². The van der Waals surface area contributed by atoms with Crippen LogP contribution in [0.5, 0.6) is 0 Å². The first kappa shape index (κ1) is 18.7. The lowest BCUT2D eigenvalue weighted by Gasteiger charge is -2.31. The van der Waals surface area contributed by atoms with Crippen LogP contribution in [0.3, 0.4) is 0 Å². The molecule has 0 saturated heterocycles. The third-order valence-corrected chi connectivity index (χ3v) is 4.67. The normalized spacial score (nSPS) is 14.9. The second-order valence-corrected chi connectivity index (χ2v) is 7.88. The van der Waals surface area contributed by atoms with Crippen molar-refractivity contribution >= 4 is 15.9 Å². The zero-order valence-corrected chi connectivity index (χ0v) is 14.5. The summed E-state index contributed by atoms with van der Waals surface area (Å²) in [5, 5.41) is 2.59. The number of aryl methyl sites for hydroxylation is 1. The molecule has 8 heteroatoms. The molecule has 1 aromatic heterocycles. The van der Waals surface area contributed by atoms with Crippen molar-refractivity contribution in [1.82, 2.24) is 10.0 Å². The van der Waals surface area contributed by atoms with Crippen molar-refractivity contribution in [2.45, 2.75) is 44.7 Å². The molecule has 1 unspecified atom stereocenters. The number of amides is 1. The highest BCUT2D eigenvalue weighted by Crippen LogP contribution is 2.21. The molecule has 7 nitrogen and oxygen atoms in total. The summed E-state index contributed by atoms with van der Waals surface area (Å²) < 4.78 is 30.8. The average molecular weight is 331 g/mol. The molecule has 0 radical (unpaired) electrons. The number of nitrogens with one attached hydrogen (secondary N) is 2. The van der Waals surface area contributed by atoms with Crippen molar-refractivity contribution in [3.63, 3.8) is 0 Å². The van der Waals surface area contributed by atoms with Crippen LogP contribution < -0.4 is 15.8 Å². The van der Waals surface area contributed by atoms with E-state index in [2.05, 4.69) is 10.0 Å². The van der Waals surface area contributed by atoms with Gasteiger partial charge >= 0.3 is 0 Å². The van der Waals surface area contributed by atoms with Crippen molar-refractivity contribution in [3.05, 3.63) is 17.4 Å². The van der Waals surface area contributed by atoms with Gasteiger partial charge in [-0.15, -0.1) is 0 Å². The molecular formula is C14H25N3O4S. The molecule has 0 fully saturated rings. The Hall–Kier alpha value is -1.38. The molecule has 0 bridgehead atoms. The second-order valence-electron chi connectivity index (χ2n) is 6.06. The third-order valence-electron chi connectivity index (χ3n) is 3.40. The number of carbonyl (C=O) groups excluding carboxylic acids is 1. The van der Waals surface area contributed by atoms with E-state index in [4.69, 9.17) is 10.2 Å². The maximum atomic E-state index is 12.4. The largest absolute Gasteiger partial charge is 0.448 e. The lowest BCUT2D eigenvalue weighted by Crippen LogP contribution is -2.52. The maximum absolute atomic E-state index is 12.4. The van der Waals surface area contributed by atoms with Gasteiger partial charge in [-0.1, -0.05) is 13.8 Å². The summed E-state index contributed by atoms with van der Waals surface area (Å²) in [5.74, 6) is 0.210. The van der Waals surface area contributed by atoms with Crippen molar-refractivity contribution < 1.29 is 17.6 Å². The van der Waals surface area contributed by atoms with Crippen LogP contribution in [0.2, 0.25) is 0 Å². The van der Waals surface area contributed by atoms with Gasteiger partial charge in [-0.05, 0) is 33.2 Å². The molecule has 1 amide bonds. The highest BCUT2D eigenvalue weighted by Gasteiger charge is 2.29. The van der Waals surface area contributed by atoms with Crippen LogP contribution in [-0.4, -0.2) is 33.5 Å². The minimum absolute atomic E-state index is 0.192. The number of furan rings is 1. The summed E-state index contributed by atoms with van der Waals surface area (Å²) in [5.41, 5.74) is 5.41. The molecule has 0 aliphatic carbocycles. The van der Waals surface area contributed by atoms with Crippen LogP contribution >= 0.6 is 0 Å². The quantitative estimate of drug-likeness (QED) is 0.689. The van der Waals surface area contributed by atoms with Crippen LogP contribution in [-0.2, 0) is 10.0 Å². The monoisotopic (exact) mass is 331 g/mol. The van der Waals surface area contributed by atoms with E-state index in [1.165, 1.54) is 13.1 Å². The summed E-state index contributed by atoms with van der Waals surface area (Å²) in [7, 11) is -2.44. The van der Waals surface area contributed by atoms with Gasteiger partial charge < -0.3 is 15.5 Å². The summed E-state index contributed by atoms with van der Waals surface area (Å²) in [6.45, 7) is 7.79. The number of hydrogen-bond donors (Lipinski definition) is 3. The number of sulfonamides is 1. The van der Waals surface area contributed by atoms with E-state index in [9.17, 15) is 13.2 Å². The Labute approximate surface area is 131 Å². The lowest BCUT2D eigenvalue weighted by molar-refractivity contribution is 0.0896. The first-order valence-corrected chi connectivity index (χ1v) is 8.59. The third kappa shape index (κ3) is 4.31. The number of nitrogens with two attached hydrogens (primary N) is 1. The SMILES string of the molecule is CNS(=O)(=O)c1cc(C(=O)NC(C)(CN)CC(C)C)c(C)o1. The zero-order chi connectivity index (χ0) is 17.1. The van der Waals surface area contributed by atoms with E-state index in [1.54, 1.807) is 6.92 Å². The lowest BCUT2D eigenvalue weighted by atomic mass is 9.90. The molecule has 1 atom stereocenters. The van der Waals surface area contributed by atoms with E-state index >= 15 is 0 Å². The molecule has 1 heterocycles. The Morgan fingerprint density at radius 3 is 2.50 bits per heavy atom. The molecule has 0 aromatic carbocycles. The molecule has 1 rings (SSSR count). The van der Waals surface area contributed by atoms with Gasteiger partial charge in [0, 0.05) is 18.2 Å². The number of hydrogen-bond acceptors (Lipinski definition) is 5. The minimum atomic E-state index is -3.72. The van der Waals surface area contributed by atoms with Crippen molar-refractivity contribution in [2.75, 3.05) is 13.6 Å². The van der Waals surface area contributed by atoms with E-state index in [-0.39, 0.29) is 23.0 Å². The average Bonchev–Trinajstić information content (AvgIpc) is 2.80. The fraction of sp³-hybridized carbons (Fsp3) is 0.643. The Morgan fingerprint density at radius 2 is 2.05 bits per heavy atom. The fourth-order valence-corrected chi connectivity index (χ4v) is 3.05. The molecule has 126 valence electrons. The molecule has 4 N–H and O–H groups in total. The van der Waals surface area contributed by atoms with Gasteiger partial charge in [0.2, 0.25) is 5.09 Å². The van der Waals surface area contributed by atoms with Crippen LogP contribution in [0.4, 0.5) is 0 Å². The van der Waals surface area contributed by atoms with Crippen molar-refractivity contribution in [1.29, 1.82) is 0 Å². The minimum Gasteiger partial charge on any atom is -0.448 e. The standard InChI is InChI=1S/C14H25N3O4S/c1-9(2)7-14(4,8-15)17-13(18)11-6-12(21-10(11)3)22(19,20)16-5/h6,9,16H,7-8,15H2,1-5H3,(H,17,18). The number of rotatable bonds is 7.